The van der Waals surface area contributed by atoms with Gasteiger partial charge in [-0.1, -0.05) is 41.9 Å². The van der Waals surface area contributed by atoms with Gasteiger partial charge in [0.15, 0.2) is 16.1 Å². The van der Waals surface area contributed by atoms with Crippen LogP contribution in [0.1, 0.15) is 10.4 Å². The quantitative estimate of drug-likeness (QED) is 0.215. The number of thiocarbonyl (C=S) groups is 1. The Morgan fingerprint density at radius 3 is 2.36 bits per heavy atom. The summed E-state index contributed by atoms with van der Waals surface area (Å²) in [4.78, 5) is 13.2. The molecule has 10 heteroatoms. The average Bonchev–Trinajstić information content (AvgIpc) is 3.25. The van der Waals surface area contributed by atoms with E-state index >= 15 is 0 Å². The fraction of sp³-hybridized carbons (Fsp3) is 0.0435. The molecule has 166 valence electrons. The van der Waals surface area contributed by atoms with Crippen LogP contribution >= 0.6 is 35.2 Å². The van der Waals surface area contributed by atoms with Crippen LogP contribution < -0.4 is 16.0 Å². The van der Waals surface area contributed by atoms with E-state index in [2.05, 4.69) is 26.1 Å². The lowest BCUT2D eigenvalue weighted by Gasteiger charge is -2.11. The minimum absolute atomic E-state index is 0.332. The molecule has 0 spiro atoms. The fourth-order valence-electron chi connectivity index (χ4n) is 2.92. The van der Waals surface area contributed by atoms with Crippen LogP contribution in [0, 0.1) is 0 Å². The van der Waals surface area contributed by atoms with Crippen molar-refractivity contribution in [3.63, 3.8) is 0 Å². The zero-order chi connectivity index (χ0) is 23.2. The lowest BCUT2D eigenvalue weighted by atomic mass is 10.1. The van der Waals surface area contributed by atoms with E-state index in [1.165, 1.54) is 18.4 Å². The topological polar surface area (TPSA) is 88.2 Å². The molecule has 0 amide bonds. The van der Waals surface area contributed by atoms with Crippen LogP contribution in [0.15, 0.2) is 72.8 Å². The Kier molecular flexibility index (Phi) is 7.13. The number of halogens is 1. The second-order valence-corrected chi connectivity index (χ2v) is 8.58. The number of esters is 1. The zero-order valence-corrected chi connectivity index (χ0v) is 19.7. The number of methoxy groups -OCH3 is 1. The summed E-state index contributed by atoms with van der Waals surface area (Å²) in [7, 11) is 1.35. The molecule has 2 aromatic heterocycles. The van der Waals surface area contributed by atoms with Crippen LogP contribution in [-0.2, 0) is 4.74 Å². The first-order valence-corrected chi connectivity index (χ1v) is 11.3. The highest BCUT2D eigenvalue weighted by atomic mass is 35.5. The summed E-state index contributed by atoms with van der Waals surface area (Å²) < 4.78 is 4.93. The SMILES string of the molecule is COC(=O)c1cc(-c2ccccc2)sc1NC(=S)Nc1ccc(Nc2ccc(Cl)nn2)cc1. The number of hydrogen-bond acceptors (Lipinski definition) is 7. The number of carbonyl (C=O) groups is 1. The van der Waals surface area contributed by atoms with Gasteiger partial charge in [-0.15, -0.1) is 21.5 Å². The van der Waals surface area contributed by atoms with Gasteiger partial charge in [-0.2, -0.15) is 0 Å². The Morgan fingerprint density at radius 2 is 1.70 bits per heavy atom. The molecule has 0 fully saturated rings. The molecular weight excluding hydrogens is 478 g/mol. The number of anilines is 4. The highest BCUT2D eigenvalue weighted by Gasteiger charge is 2.18. The van der Waals surface area contributed by atoms with Crippen molar-refractivity contribution >= 4 is 68.4 Å². The summed E-state index contributed by atoms with van der Waals surface area (Å²) >= 11 is 12.6. The summed E-state index contributed by atoms with van der Waals surface area (Å²) in [5.74, 6) is 0.152. The van der Waals surface area contributed by atoms with Crippen molar-refractivity contribution in [1.29, 1.82) is 0 Å². The van der Waals surface area contributed by atoms with Crippen molar-refractivity contribution in [2.24, 2.45) is 0 Å². The molecule has 4 rings (SSSR count). The van der Waals surface area contributed by atoms with Gasteiger partial charge in [0.1, 0.15) is 5.00 Å². The molecular formula is C23H18ClN5O2S2. The molecule has 0 saturated heterocycles. The van der Waals surface area contributed by atoms with Gasteiger partial charge in [-0.3, -0.25) is 0 Å². The van der Waals surface area contributed by atoms with E-state index in [4.69, 9.17) is 28.6 Å². The maximum absolute atomic E-state index is 12.3. The van der Waals surface area contributed by atoms with E-state index in [1.54, 1.807) is 18.2 Å². The average molecular weight is 496 g/mol. The van der Waals surface area contributed by atoms with Crippen LogP contribution in [-0.4, -0.2) is 28.4 Å². The van der Waals surface area contributed by atoms with E-state index in [0.29, 0.717) is 26.6 Å². The fourth-order valence-corrected chi connectivity index (χ4v) is 4.36. The first-order valence-electron chi connectivity index (χ1n) is 9.74. The molecule has 2 aromatic carbocycles. The van der Waals surface area contributed by atoms with Gasteiger partial charge in [0.2, 0.25) is 0 Å². The largest absolute Gasteiger partial charge is 0.465 e. The normalized spacial score (nSPS) is 10.4. The minimum atomic E-state index is -0.431. The number of thiophene rings is 1. The summed E-state index contributed by atoms with van der Waals surface area (Å²) in [6.45, 7) is 0. The van der Waals surface area contributed by atoms with Gasteiger partial charge >= 0.3 is 5.97 Å². The predicted molar refractivity (Wildman–Crippen MR) is 138 cm³/mol. The number of aromatic nitrogens is 2. The van der Waals surface area contributed by atoms with E-state index in [1.807, 2.05) is 54.6 Å². The number of carbonyl (C=O) groups excluding carboxylic acids is 1. The van der Waals surface area contributed by atoms with Gasteiger partial charge in [-0.05, 0) is 60.2 Å². The number of nitrogens with zero attached hydrogens (tertiary/aromatic N) is 2. The zero-order valence-electron chi connectivity index (χ0n) is 17.3. The van der Waals surface area contributed by atoms with Crippen LogP contribution in [0.4, 0.5) is 22.2 Å². The molecule has 0 radical (unpaired) electrons. The molecule has 0 aliphatic heterocycles. The van der Waals surface area contributed by atoms with Crippen molar-refractivity contribution in [3.05, 3.63) is 83.5 Å². The van der Waals surface area contributed by atoms with Crippen LogP contribution in [0.3, 0.4) is 0 Å². The van der Waals surface area contributed by atoms with E-state index in [-0.39, 0.29) is 0 Å². The highest BCUT2D eigenvalue weighted by Crippen LogP contribution is 2.36. The molecule has 0 aliphatic carbocycles. The molecule has 0 aliphatic rings. The smallest absolute Gasteiger partial charge is 0.340 e. The molecule has 2 heterocycles. The maximum Gasteiger partial charge on any atom is 0.340 e. The summed E-state index contributed by atoms with van der Waals surface area (Å²) in [5.41, 5.74) is 3.04. The maximum atomic E-state index is 12.3. The van der Waals surface area contributed by atoms with Gasteiger partial charge in [-0.25, -0.2) is 4.79 Å². The second kappa shape index (κ2) is 10.4. The third-order valence-electron chi connectivity index (χ3n) is 4.47. The summed E-state index contributed by atoms with van der Waals surface area (Å²) in [6, 6.07) is 22.5. The van der Waals surface area contributed by atoms with E-state index in [9.17, 15) is 4.79 Å². The highest BCUT2D eigenvalue weighted by molar-refractivity contribution is 7.80. The van der Waals surface area contributed by atoms with Crippen molar-refractivity contribution in [1.82, 2.24) is 10.2 Å². The summed E-state index contributed by atoms with van der Waals surface area (Å²) in [6.07, 6.45) is 0. The standard InChI is InChI=1S/C23H18ClN5O2S2/c1-31-22(30)17-13-18(14-5-3-2-4-6-14)33-21(17)27-23(32)26-16-9-7-15(8-10-16)25-20-12-11-19(24)28-29-20/h2-13H,1H3,(H,25,29)(H2,26,27,32). The van der Waals surface area contributed by atoms with E-state index < -0.39 is 5.97 Å². The van der Waals surface area contributed by atoms with Crippen molar-refractivity contribution < 1.29 is 9.53 Å². The Labute approximate surface area is 204 Å². The van der Waals surface area contributed by atoms with Crippen molar-refractivity contribution in [2.75, 3.05) is 23.1 Å². The predicted octanol–water partition coefficient (Wildman–Crippen LogP) is 6.20. The number of ether oxygens (including phenoxy) is 1. The molecule has 0 bridgehead atoms. The second-order valence-electron chi connectivity index (χ2n) is 6.73. The molecule has 0 atom stereocenters. The number of nitrogens with one attached hydrogen (secondary N) is 3. The molecule has 33 heavy (non-hydrogen) atoms. The lowest BCUT2D eigenvalue weighted by molar-refractivity contribution is 0.0602. The Hall–Kier alpha value is -3.53. The monoisotopic (exact) mass is 495 g/mol. The molecule has 4 aromatic rings. The Morgan fingerprint density at radius 1 is 0.970 bits per heavy atom. The van der Waals surface area contributed by atoms with Crippen molar-refractivity contribution in [2.45, 2.75) is 0 Å². The molecule has 3 N–H and O–H groups in total. The van der Waals surface area contributed by atoms with Crippen molar-refractivity contribution in [3.8, 4) is 10.4 Å². The van der Waals surface area contributed by atoms with Crippen LogP contribution in [0.5, 0.6) is 0 Å². The van der Waals surface area contributed by atoms with Gasteiger partial charge in [0, 0.05) is 16.3 Å². The first kappa shape index (κ1) is 22.7. The molecule has 0 saturated carbocycles. The lowest BCUT2D eigenvalue weighted by Crippen LogP contribution is -2.19. The molecule has 0 unspecified atom stereocenters. The minimum Gasteiger partial charge on any atom is -0.465 e. The number of benzene rings is 2. The third-order valence-corrected chi connectivity index (χ3v) is 5.98. The van der Waals surface area contributed by atoms with Gasteiger partial charge in [0.25, 0.3) is 0 Å². The first-order chi connectivity index (χ1) is 16.0. The summed E-state index contributed by atoms with van der Waals surface area (Å²) in [5, 5.41) is 18.4. The number of hydrogen-bond donors (Lipinski definition) is 3. The molecule has 7 nitrogen and oxygen atoms in total. The van der Waals surface area contributed by atoms with E-state index in [0.717, 1.165) is 21.8 Å². The van der Waals surface area contributed by atoms with Crippen LogP contribution in [0.2, 0.25) is 5.15 Å². The van der Waals surface area contributed by atoms with Crippen LogP contribution in [0.25, 0.3) is 10.4 Å². The Bertz CT molecular complexity index is 1260. The third kappa shape index (κ3) is 5.83. The number of rotatable bonds is 6. The Balaban J connectivity index is 1.44. The van der Waals surface area contributed by atoms with Gasteiger partial charge in [0.05, 0.1) is 12.7 Å². The van der Waals surface area contributed by atoms with Gasteiger partial charge < -0.3 is 20.7 Å².